The van der Waals surface area contributed by atoms with Gasteiger partial charge in [-0.25, -0.2) is 9.07 Å². The Morgan fingerprint density at radius 1 is 1.06 bits per heavy atom. The van der Waals surface area contributed by atoms with Gasteiger partial charge in [-0.2, -0.15) is 5.10 Å². The highest BCUT2D eigenvalue weighted by Gasteiger charge is 2.43. The normalized spacial score (nSPS) is 24.7. The quantitative estimate of drug-likeness (QED) is 0.511. The van der Waals surface area contributed by atoms with Gasteiger partial charge in [0.25, 0.3) is 0 Å². The Bertz CT molecular complexity index is 1280. The molecular formula is C24H22FN5O2. The molecule has 4 heterocycles. The van der Waals surface area contributed by atoms with Crippen LogP contribution in [0.2, 0.25) is 0 Å². The van der Waals surface area contributed by atoms with Gasteiger partial charge in [0.15, 0.2) is 6.17 Å². The van der Waals surface area contributed by atoms with Crippen LogP contribution >= 0.6 is 0 Å². The van der Waals surface area contributed by atoms with Crippen molar-refractivity contribution >= 4 is 10.9 Å². The summed E-state index contributed by atoms with van der Waals surface area (Å²) in [4.78, 5) is 0. The summed E-state index contributed by atoms with van der Waals surface area (Å²) in [5.74, 6) is 0.366. The fraction of sp³-hybridized carbons (Fsp3) is 0.292. The third kappa shape index (κ3) is 3.27. The molecule has 0 radical (unpaired) electrons. The molecule has 4 atom stereocenters. The first-order valence-electron chi connectivity index (χ1n) is 10.8. The molecule has 2 aromatic heterocycles. The molecule has 2 bridgehead atoms. The predicted octanol–water partition coefficient (Wildman–Crippen LogP) is 3.80. The van der Waals surface area contributed by atoms with Gasteiger partial charge in [0.1, 0.15) is 11.9 Å². The highest BCUT2D eigenvalue weighted by Crippen LogP contribution is 2.33. The van der Waals surface area contributed by atoms with E-state index in [0.29, 0.717) is 29.6 Å². The number of hydrogen-bond donors (Lipinski definition) is 2. The molecule has 2 aliphatic rings. The number of ether oxygens (including phenoxy) is 1. The number of phenols is 1. The van der Waals surface area contributed by atoms with E-state index in [1.807, 2.05) is 30.3 Å². The average molecular weight is 431 g/mol. The molecule has 4 aromatic rings. The van der Waals surface area contributed by atoms with E-state index in [9.17, 15) is 9.50 Å². The Morgan fingerprint density at radius 2 is 1.97 bits per heavy atom. The second-order valence-corrected chi connectivity index (χ2v) is 8.46. The smallest absolute Gasteiger partial charge is 0.233 e. The van der Waals surface area contributed by atoms with E-state index >= 15 is 0 Å². The number of nitrogens with one attached hydrogen (secondary N) is 1. The van der Waals surface area contributed by atoms with E-state index in [0.717, 1.165) is 29.4 Å². The monoisotopic (exact) mass is 431 g/mol. The molecule has 162 valence electrons. The summed E-state index contributed by atoms with van der Waals surface area (Å²) >= 11 is 0. The van der Waals surface area contributed by atoms with Crippen LogP contribution in [0.1, 0.15) is 19.3 Å². The summed E-state index contributed by atoms with van der Waals surface area (Å²) < 4.78 is 22.2. The Labute approximate surface area is 183 Å². The Kier molecular flexibility index (Phi) is 4.53. The summed E-state index contributed by atoms with van der Waals surface area (Å²) in [5.41, 5.74) is 2.76. The third-order valence-electron chi connectivity index (χ3n) is 6.42. The molecule has 0 amide bonds. The van der Waals surface area contributed by atoms with Crippen LogP contribution in [0.4, 0.5) is 4.39 Å². The Balaban J connectivity index is 1.22. The standard InChI is InChI=1S/C24H22FN5O2/c25-24-19-8-5-15(27-19)11-22(24)32-23-10-9-18(28-29-23)17-7-6-16(12-21(17)31)30-20-4-2-1-3-14(20)13-26-30/h1-4,6-7,9-10,12-13,15,19,22,24,27,31H,5,8,11H2/t15?,19?,22-,24+/m0/s1. The minimum Gasteiger partial charge on any atom is -0.507 e. The van der Waals surface area contributed by atoms with Crippen molar-refractivity contribution in [3.05, 3.63) is 60.8 Å². The number of aromatic nitrogens is 4. The van der Waals surface area contributed by atoms with Crippen LogP contribution in [-0.2, 0) is 0 Å². The van der Waals surface area contributed by atoms with Gasteiger partial charge < -0.3 is 15.2 Å². The lowest BCUT2D eigenvalue weighted by Gasteiger charge is -2.32. The Hall–Kier alpha value is -3.52. The topological polar surface area (TPSA) is 85.1 Å². The molecule has 8 heteroatoms. The number of hydrogen-bond acceptors (Lipinski definition) is 6. The zero-order chi connectivity index (χ0) is 21.7. The van der Waals surface area contributed by atoms with Gasteiger partial charge in [-0.15, -0.1) is 10.2 Å². The first-order chi connectivity index (χ1) is 15.7. The third-order valence-corrected chi connectivity index (χ3v) is 6.42. The molecule has 0 aliphatic carbocycles. The van der Waals surface area contributed by atoms with Crippen LogP contribution in [0.25, 0.3) is 27.8 Å². The second-order valence-electron chi connectivity index (χ2n) is 8.46. The molecule has 7 nitrogen and oxygen atoms in total. The summed E-state index contributed by atoms with van der Waals surface area (Å²) in [6.45, 7) is 0. The fourth-order valence-corrected chi connectivity index (χ4v) is 4.80. The molecule has 0 spiro atoms. The molecule has 2 unspecified atom stereocenters. The van der Waals surface area contributed by atoms with Crippen molar-refractivity contribution in [1.29, 1.82) is 0 Å². The Morgan fingerprint density at radius 3 is 2.81 bits per heavy atom. The largest absolute Gasteiger partial charge is 0.507 e. The number of halogens is 1. The van der Waals surface area contributed by atoms with Gasteiger partial charge in [0, 0.05) is 41.6 Å². The van der Waals surface area contributed by atoms with Crippen molar-refractivity contribution in [2.24, 2.45) is 0 Å². The van der Waals surface area contributed by atoms with E-state index in [4.69, 9.17) is 4.74 Å². The van der Waals surface area contributed by atoms with Crippen LogP contribution in [0.15, 0.2) is 60.8 Å². The molecule has 32 heavy (non-hydrogen) atoms. The molecule has 2 aromatic carbocycles. The number of para-hydroxylation sites is 1. The summed E-state index contributed by atoms with van der Waals surface area (Å²) in [6.07, 6.45) is 2.70. The van der Waals surface area contributed by atoms with Gasteiger partial charge in [-0.3, -0.25) is 0 Å². The fourth-order valence-electron chi connectivity index (χ4n) is 4.80. The van der Waals surface area contributed by atoms with Crippen molar-refractivity contribution in [2.75, 3.05) is 0 Å². The molecule has 2 fully saturated rings. The summed E-state index contributed by atoms with van der Waals surface area (Å²) in [5, 5.41) is 27.7. The number of alkyl halides is 1. The van der Waals surface area contributed by atoms with E-state index in [-0.39, 0.29) is 11.8 Å². The van der Waals surface area contributed by atoms with Gasteiger partial charge in [0.05, 0.1) is 23.1 Å². The minimum absolute atomic E-state index is 0.0730. The highest BCUT2D eigenvalue weighted by atomic mass is 19.1. The maximum absolute atomic E-state index is 14.6. The van der Waals surface area contributed by atoms with Crippen molar-refractivity contribution in [2.45, 2.75) is 43.6 Å². The number of phenolic OH excluding ortho intramolecular Hbond substituents is 1. The van der Waals surface area contributed by atoms with Gasteiger partial charge in [-0.05, 0) is 37.1 Å². The number of nitrogens with zero attached hydrogens (tertiary/aromatic N) is 4. The lowest BCUT2D eigenvalue weighted by molar-refractivity contribution is 0.0422. The number of aromatic hydroxyl groups is 1. The van der Waals surface area contributed by atoms with Gasteiger partial charge in [0.2, 0.25) is 5.88 Å². The van der Waals surface area contributed by atoms with Crippen LogP contribution < -0.4 is 10.1 Å². The number of fused-ring (bicyclic) bond motifs is 3. The van der Waals surface area contributed by atoms with E-state index in [1.54, 1.807) is 35.1 Å². The molecule has 2 saturated heterocycles. The van der Waals surface area contributed by atoms with E-state index in [2.05, 4.69) is 20.6 Å². The van der Waals surface area contributed by atoms with E-state index in [1.165, 1.54) is 0 Å². The van der Waals surface area contributed by atoms with Crippen LogP contribution in [0, 0.1) is 0 Å². The first-order valence-corrected chi connectivity index (χ1v) is 10.8. The van der Waals surface area contributed by atoms with Crippen molar-refractivity contribution in [1.82, 2.24) is 25.3 Å². The number of benzene rings is 2. The predicted molar refractivity (Wildman–Crippen MR) is 118 cm³/mol. The summed E-state index contributed by atoms with van der Waals surface area (Å²) in [6, 6.07) is 16.8. The first kappa shape index (κ1) is 19.2. The molecule has 2 N–H and O–H groups in total. The molecule has 2 aliphatic heterocycles. The zero-order valence-electron chi connectivity index (χ0n) is 17.2. The van der Waals surface area contributed by atoms with Gasteiger partial charge >= 0.3 is 0 Å². The van der Waals surface area contributed by atoms with Crippen LogP contribution in [0.3, 0.4) is 0 Å². The highest BCUT2D eigenvalue weighted by molar-refractivity contribution is 5.80. The number of piperidine rings is 1. The van der Waals surface area contributed by atoms with Crippen molar-refractivity contribution in [3.63, 3.8) is 0 Å². The SMILES string of the molecule is Oc1cc(-n2ncc3ccccc32)ccc1-c1ccc(O[C@H]2CC3CCC(N3)[C@H]2F)nn1. The van der Waals surface area contributed by atoms with E-state index < -0.39 is 12.3 Å². The second kappa shape index (κ2) is 7.56. The molecule has 6 rings (SSSR count). The number of rotatable bonds is 4. The lowest BCUT2D eigenvalue weighted by atomic mass is 10.0. The molecule has 0 saturated carbocycles. The van der Waals surface area contributed by atoms with Crippen LogP contribution in [-0.4, -0.2) is 49.4 Å². The van der Waals surface area contributed by atoms with Crippen LogP contribution in [0.5, 0.6) is 11.6 Å². The van der Waals surface area contributed by atoms with Crippen molar-refractivity contribution < 1.29 is 14.2 Å². The van der Waals surface area contributed by atoms with Gasteiger partial charge in [-0.1, -0.05) is 18.2 Å². The average Bonchev–Trinajstić information content (AvgIpc) is 3.43. The lowest BCUT2D eigenvalue weighted by Crippen LogP contribution is -2.51. The van der Waals surface area contributed by atoms with Crippen molar-refractivity contribution in [3.8, 4) is 28.6 Å². The minimum atomic E-state index is -1.05. The molecular weight excluding hydrogens is 409 g/mol. The zero-order valence-corrected chi connectivity index (χ0v) is 17.2. The maximum Gasteiger partial charge on any atom is 0.233 e. The maximum atomic E-state index is 14.6. The summed E-state index contributed by atoms with van der Waals surface area (Å²) in [7, 11) is 0.